The first-order chi connectivity index (χ1) is 10.2. The van der Waals surface area contributed by atoms with E-state index >= 15 is 0 Å². The fourth-order valence-electron chi connectivity index (χ4n) is 2.51. The summed E-state index contributed by atoms with van der Waals surface area (Å²) in [6.45, 7) is 1.65. The summed E-state index contributed by atoms with van der Waals surface area (Å²) < 4.78 is 1.11. The number of nitrogens with zero attached hydrogens (tertiary/aromatic N) is 3. The Bertz CT molecular complexity index is 712. The van der Waals surface area contributed by atoms with Crippen LogP contribution in [0.15, 0.2) is 29.1 Å². The lowest BCUT2D eigenvalue weighted by Gasteiger charge is -2.23. The van der Waals surface area contributed by atoms with Gasteiger partial charge in [-0.3, -0.25) is 9.59 Å². The first-order valence-electron chi connectivity index (χ1n) is 7.06. The molecule has 1 saturated heterocycles. The van der Waals surface area contributed by atoms with Crippen molar-refractivity contribution in [3.8, 4) is 0 Å². The Hall–Kier alpha value is -1.99. The van der Waals surface area contributed by atoms with Gasteiger partial charge in [0.05, 0.1) is 5.39 Å². The van der Waals surface area contributed by atoms with Gasteiger partial charge in [-0.2, -0.15) is 0 Å². The van der Waals surface area contributed by atoms with E-state index in [1.807, 2.05) is 0 Å². The number of rotatable bonds is 3. The highest BCUT2D eigenvalue weighted by Crippen LogP contribution is 2.04. The van der Waals surface area contributed by atoms with Gasteiger partial charge < -0.3 is 10.6 Å². The van der Waals surface area contributed by atoms with Gasteiger partial charge in [0, 0.05) is 12.6 Å². The van der Waals surface area contributed by atoms with Crippen LogP contribution >= 0.6 is 12.4 Å². The number of benzene rings is 1. The molecule has 1 fully saturated rings. The number of halogens is 1. The van der Waals surface area contributed by atoms with Crippen molar-refractivity contribution in [1.29, 1.82) is 0 Å². The number of carbonyl (C=O) groups is 1. The Kier molecular flexibility index (Phi) is 5.46. The maximum atomic E-state index is 12.2. The zero-order valence-electron chi connectivity index (χ0n) is 12.0. The first-order valence-corrected chi connectivity index (χ1v) is 7.06. The molecule has 3 rings (SSSR count). The number of amides is 1. The molecule has 0 unspecified atom stereocenters. The van der Waals surface area contributed by atoms with Crippen molar-refractivity contribution in [2.75, 3.05) is 13.1 Å². The molecule has 1 atom stereocenters. The first kappa shape index (κ1) is 16.4. The van der Waals surface area contributed by atoms with Crippen LogP contribution in [0.3, 0.4) is 0 Å². The van der Waals surface area contributed by atoms with E-state index in [1.54, 1.807) is 24.3 Å². The van der Waals surface area contributed by atoms with Crippen molar-refractivity contribution in [3.63, 3.8) is 0 Å². The maximum absolute atomic E-state index is 12.2. The Morgan fingerprint density at radius 2 is 2.23 bits per heavy atom. The third-order valence-electron chi connectivity index (χ3n) is 3.58. The third kappa shape index (κ3) is 3.61. The summed E-state index contributed by atoms with van der Waals surface area (Å²) in [4.78, 5) is 24.2. The number of nitrogens with one attached hydrogen (secondary N) is 2. The summed E-state index contributed by atoms with van der Waals surface area (Å²) in [6, 6.07) is 7.09. The van der Waals surface area contributed by atoms with Gasteiger partial charge in [-0.15, -0.1) is 17.5 Å². The molecule has 2 aromatic rings. The predicted molar refractivity (Wildman–Crippen MR) is 85.1 cm³/mol. The molecule has 1 aromatic heterocycles. The lowest BCUT2D eigenvalue weighted by Crippen LogP contribution is -2.47. The van der Waals surface area contributed by atoms with E-state index in [9.17, 15) is 9.59 Å². The fraction of sp³-hybridized carbons (Fsp3) is 0.429. The van der Waals surface area contributed by atoms with Crippen LogP contribution in [0.4, 0.5) is 0 Å². The number of aromatic nitrogens is 3. The van der Waals surface area contributed by atoms with Crippen LogP contribution in [-0.2, 0) is 11.3 Å². The number of hydrogen-bond acceptors (Lipinski definition) is 5. The van der Waals surface area contributed by atoms with Gasteiger partial charge in [0.15, 0.2) is 0 Å². The molecule has 1 amide bonds. The summed E-state index contributed by atoms with van der Waals surface area (Å²) in [6.07, 6.45) is 2.00. The van der Waals surface area contributed by atoms with E-state index in [4.69, 9.17) is 0 Å². The molecule has 2 heterocycles. The molecule has 8 heteroatoms. The second-order valence-electron chi connectivity index (χ2n) is 5.18. The van der Waals surface area contributed by atoms with E-state index in [2.05, 4.69) is 20.9 Å². The molecule has 118 valence electrons. The molecule has 7 nitrogen and oxygen atoms in total. The van der Waals surface area contributed by atoms with Gasteiger partial charge >= 0.3 is 0 Å². The molecule has 22 heavy (non-hydrogen) atoms. The third-order valence-corrected chi connectivity index (χ3v) is 3.58. The number of hydrogen-bond donors (Lipinski definition) is 2. The molecule has 1 aliphatic rings. The summed E-state index contributed by atoms with van der Waals surface area (Å²) in [5.41, 5.74) is 0.244. The predicted octanol–water partition coefficient (Wildman–Crippen LogP) is 0.0815. The maximum Gasteiger partial charge on any atom is 0.278 e. The highest BCUT2D eigenvalue weighted by Gasteiger charge is 2.16. The molecule has 0 bridgehead atoms. The standard InChI is InChI=1S/C14H17N5O2.ClH/c20-13(16-10-4-3-7-15-8-10)9-19-14(21)11-5-1-2-6-12(11)17-18-19;/h1-2,5-6,10,15H,3-4,7-9H2,(H,16,20);1H/t10-;/m0./s1. The molecular formula is C14H18ClN5O2. The van der Waals surface area contributed by atoms with E-state index in [0.29, 0.717) is 10.9 Å². The van der Waals surface area contributed by atoms with Crippen molar-refractivity contribution < 1.29 is 4.79 Å². The van der Waals surface area contributed by atoms with Crippen LogP contribution in [-0.4, -0.2) is 40.0 Å². The molecule has 0 aliphatic carbocycles. The van der Waals surface area contributed by atoms with Crippen molar-refractivity contribution in [2.24, 2.45) is 0 Å². The van der Waals surface area contributed by atoms with Crippen LogP contribution < -0.4 is 16.2 Å². The van der Waals surface area contributed by atoms with Crippen LogP contribution in [0.5, 0.6) is 0 Å². The SMILES string of the molecule is Cl.O=C(Cn1nnc2ccccc2c1=O)N[C@H]1CCCNC1. The molecular weight excluding hydrogens is 306 g/mol. The Labute approximate surface area is 133 Å². The van der Waals surface area contributed by atoms with Gasteiger partial charge in [0.1, 0.15) is 12.1 Å². The van der Waals surface area contributed by atoms with Crippen LogP contribution in [0, 0.1) is 0 Å². The highest BCUT2D eigenvalue weighted by atomic mass is 35.5. The van der Waals surface area contributed by atoms with Gasteiger partial charge in [-0.05, 0) is 31.5 Å². The Balaban J connectivity index is 0.00000176. The average Bonchev–Trinajstić information content (AvgIpc) is 2.51. The lowest BCUT2D eigenvalue weighted by molar-refractivity contribution is -0.122. The molecule has 0 radical (unpaired) electrons. The largest absolute Gasteiger partial charge is 0.350 e. The van der Waals surface area contributed by atoms with Gasteiger partial charge in [-0.1, -0.05) is 17.3 Å². The number of piperidine rings is 1. The van der Waals surface area contributed by atoms with E-state index in [0.717, 1.165) is 30.6 Å². The second kappa shape index (κ2) is 7.33. The molecule has 1 aliphatic heterocycles. The number of carbonyl (C=O) groups excluding carboxylic acids is 1. The zero-order valence-corrected chi connectivity index (χ0v) is 12.8. The smallest absolute Gasteiger partial charge is 0.278 e. The minimum absolute atomic E-state index is 0. The average molecular weight is 324 g/mol. The van der Waals surface area contributed by atoms with E-state index in [-0.39, 0.29) is 36.5 Å². The lowest BCUT2D eigenvalue weighted by atomic mass is 10.1. The molecule has 0 spiro atoms. The summed E-state index contributed by atoms with van der Waals surface area (Å²) >= 11 is 0. The summed E-state index contributed by atoms with van der Waals surface area (Å²) in [5, 5.41) is 14.4. The Morgan fingerprint density at radius 1 is 1.41 bits per heavy atom. The Morgan fingerprint density at radius 3 is 3.00 bits per heavy atom. The minimum Gasteiger partial charge on any atom is -0.350 e. The van der Waals surface area contributed by atoms with Crippen molar-refractivity contribution in [3.05, 3.63) is 34.6 Å². The zero-order chi connectivity index (χ0) is 14.7. The summed E-state index contributed by atoms with van der Waals surface area (Å²) in [5.74, 6) is -0.213. The fourth-order valence-corrected chi connectivity index (χ4v) is 2.51. The van der Waals surface area contributed by atoms with Crippen LogP contribution in [0.25, 0.3) is 10.9 Å². The van der Waals surface area contributed by atoms with Gasteiger partial charge in [0.25, 0.3) is 5.56 Å². The van der Waals surface area contributed by atoms with Gasteiger partial charge in [-0.25, -0.2) is 4.68 Å². The monoisotopic (exact) mass is 323 g/mol. The van der Waals surface area contributed by atoms with Crippen molar-refractivity contribution in [2.45, 2.75) is 25.4 Å². The van der Waals surface area contributed by atoms with E-state index in [1.165, 1.54) is 0 Å². The topological polar surface area (TPSA) is 88.9 Å². The normalized spacial score (nSPS) is 17.7. The molecule has 1 aromatic carbocycles. The van der Waals surface area contributed by atoms with Crippen LogP contribution in [0.2, 0.25) is 0 Å². The molecule has 0 saturated carbocycles. The summed E-state index contributed by atoms with van der Waals surface area (Å²) in [7, 11) is 0. The minimum atomic E-state index is -0.294. The number of fused-ring (bicyclic) bond motifs is 1. The molecule has 2 N–H and O–H groups in total. The van der Waals surface area contributed by atoms with Crippen molar-refractivity contribution in [1.82, 2.24) is 25.6 Å². The van der Waals surface area contributed by atoms with Crippen molar-refractivity contribution >= 4 is 29.2 Å². The van der Waals surface area contributed by atoms with Crippen LogP contribution in [0.1, 0.15) is 12.8 Å². The highest BCUT2D eigenvalue weighted by molar-refractivity contribution is 5.85. The van der Waals surface area contributed by atoms with E-state index < -0.39 is 0 Å². The van der Waals surface area contributed by atoms with Gasteiger partial charge in [0.2, 0.25) is 5.91 Å². The quantitative estimate of drug-likeness (QED) is 0.835. The second-order valence-corrected chi connectivity index (χ2v) is 5.18.